The zero-order chi connectivity index (χ0) is 19.8. The van der Waals surface area contributed by atoms with Crippen LogP contribution in [0, 0.1) is 5.82 Å². The number of halogens is 1. The fraction of sp³-hybridized carbons (Fsp3) is 0.318. The van der Waals surface area contributed by atoms with Crippen molar-refractivity contribution in [3.63, 3.8) is 0 Å². The van der Waals surface area contributed by atoms with E-state index < -0.39 is 0 Å². The highest BCUT2D eigenvalue weighted by atomic mass is 19.1. The Morgan fingerprint density at radius 1 is 1.07 bits per heavy atom. The Hall–Kier alpha value is -2.86. The van der Waals surface area contributed by atoms with E-state index in [1.165, 1.54) is 12.1 Å². The van der Waals surface area contributed by atoms with E-state index in [4.69, 9.17) is 14.8 Å². The molecule has 28 heavy (non-hydrogen) atoms. The number of nitrogens with zero attached hydrogens (tertiary/aromatic N) is 3. The summed E-state index contributed by atoms with van der Waals surface area (Å²) in [6.07, 6.45) is 6.86. The Kier molecular flexibility index (Phi) is 7.03. The molecular weight excluding hydrogens is 357 g/mol. The van der Waals surface area contributed by atoms with E-state index in [2.05, 4.69) is 16.9 Å². The molecule has 1 aromatic carbocycles. The summed E-state index contributed by atoms with van der Waals surface area (Å²) >= 11 is 0. The first kappa shape index (κ1) is 19.9. The highest BCUT2D eigenvalue weighted by Crippen LogP contribution is 2.23. The number of ether oxygens (including phenoxy) is 1. The third-order valence-electron chi connectivity index (χ3n) is 4.41. The van der Waals surface area contributed by atoms with E-state index in [-0.39, 0.29) is 18.3 Å². The molecule has 0 aliphatic heterocycles. The van der Waals surface area contributed by atoms with Crippen molar-refractivity contribution < 1.29 is 14.2 Å². The van der Waals surface area contributed by atoms with Crippen LogP contribution in [0.1, 0.15) is 41.9 Å². The van der Waals surface area contributed by atoms with Gasteiger partial charge in [0.1, 0.15) is 11.6 Å². The second kappa shape index (κ2) is 9.90. The van der Waals surface area contributed by atoms with Crippen molar-refractivity contribution in [1.82, 2.24) is 15.0 Å². The lowest BCUT2D eigenvalue weighted by molar-refractivity contribution is 0.233. The van der Waals surface area contributed by atoms with Crippen LogP contribution in [-0.4, -0.2) is 33.3 Å². The molecule has 1 atom stereocenters. The molecule has 146 valence electrons. The summed E-state index contributed by atoms with van der Waals surface area (Å²) in [6.45, 7) is 2.63. The zero-order valence-electron chi connectivity index (χ0n) is 15.9. The van der Waals surface area contributed by atoms with Crippen LogP contribution in [0.3, 0.4) is 0 Å². The molecule has 0 bridgehead atoms. The maximum atomic E-state index is 13.2. The summed E-state index contributed by atoms with van der Waals surface area (Å²) in [7, 11) is 0. The van der Waals surface area contributed by atoms with Crippen LogP contribution in [0.4, 0.5) is 4.39 Å². The van der Waals surface area contributed by atoms with Crippen LogP contribution in [0.15, 0.2) is 55.0 Å². The van der Waals surface area contributed by atoms with Crippen LogP contribution in [0.2, 0.25) is 0 Å². The van der Waals surface area contributed by atoms with Gasteiger partial charge in [-0.3, -0.25) is 15.0 Å². The molecule has 0 radical (unpaired) electrons. The smallest absolute Gasteiger partial charge is 0.123 e. The molecule has 3 rings (SSSR count). The van der Waals surface area contributed by atoms with Crippen molar-refractivity contribution in [2.24, 2.45) is 0 Å². The van der Waals surface area contributed by atoms with Crippen LogP contribution in [0.5, 0.6) is 5.75 Å². The zero-order valence-corrected chi connectivity index (χ0v) is 15.9. The second-order valence-corrected chi connectivity index (χ2v) is 6.74. The highest BCUT2D eigenvalue weighted by Gasteiger charge is 2.12. The van der Waals surface area contributed by atoms with Gasteiger partial charge in [-0.05, 0) is 30.0 Å². The van der Waals surface area contributed by atoms with Crippen molar-refractivity contribution in [2.75, 3.05) is 13.2 Å². The van der Waals surface area contributed by atoms with Gasteiger partial charge in [0.25, 0.3) is 0 Å². The molecule has 0 spiro atoms. The molecule has 0 aliphatic carbocycles. The van der Waals surface area contributed by atoms with Crippen LogP contribution in [0.25, 0.3) is 0 Å². The number of hydrogen-bond acceptors (Lipinski definition) is 5. The van der Waals surface area contributed by atoms with Crippen LogP contribution in [-0.2, 0) is 12.8 Å². The van der Waals surface area contributed by atoms with Crippen molar-refractivity contribution in [3.05, 3.63) is 83.5 Å². The summed E-state index contributed by atoms with van der Waals surface area (Å²) in [5, 5.41) is 8.98. The molecule has 0 aliphatic rings. The molecule has 1 N–H and O–H groups in total. The quantitative estimate of drug-likeness (QED) is 0.572. The average molecular weight is 381 g/mol. The van der Waals surface area contributed by atoms with Crippen LogP contribution >= 0.6 is 0 Å². The number of aromatic nitrogens is 3. The molecule has 2 heterocycles. The predicted molar refractivity (Wildman–Crippen MR) is 105 cm³/mol. The average Bonchev–Trinajstić information content (AvgIpc) is 2.69. The van der Waals surface area contributed by atoms with Gasteiger partial charge in [0.2, 0.25) is 0 Å². The maximum Gasteiger partial charge on any atom is 0.123 e. The Morgan fingerprint density at radius 3 is 2.57 bits per heavy atom. The van der Waals surface area contributed by atoms with Gasteiger partial charge in [-0.15, -0.1) is 0 Å². The Labute approximate surface area is 164 Å². The first-order valence-electron chi connectivity index (χ1n) is 9.38. The van der Waals surface area contributed by atoms with Gasteiger partial charge < -0.3 is 9.84 Å². The Balaban J connectivity index is 1.80. The minimum Gasteiger partial charge on any atom is -0.493 e. The summed E-state index contributed by atoms with van der Waals surface area (Å²) in [5.74, 6) is 0.674. The Bertz CT molecular complexity index is 873. The third-order valence-corrected chi connectivity index (χ3v) is 4.41. The van der Waals surface area contributed by atoms with Gasteiger partial charge in [-0.1, -0.05) is 19.1 Å². The van der Waals surface area contributed by atoms with Crippen molar-refractivity contribution in [2.45, 2.75) is 32.1 Å². The minimum absolute atomic E-state index is 0.0893. The topological polar surface area (TPSA) is 68.1 Å². The van der Waals surface area contributed by atoms with E-state index in [1.54, 1.807) is 18.6 Å². The lowest BCUT2D eigenvalue weighted by atomic mass is 9.95. The minimum atomic E-state index is -0.236. The number of rotatable bonds is 9. The number of hydrogen-bond donors (Lipinski definition) is 1. The summed E-state index contributed by atoms with van der Waals surface area (Å²) in [4.78, 5) is 13.2. The lowest BCUT2D eigenvalue weighted by Crippen LogP contribution is -2.06. The number of aliphatic hydroxyl groups is 1. The van der Waals surface area contributed by atoms with E-state index in [1.807, 2.05) is 24.3 Å². The predicted octanol–water partition coefficient (Wildman–Crippen LogP) is 3.71. The van der Waals surface area contributed by atoms with Gasteiger partial charge in [-0.25, -0.2) is 4.39 Å². The largest absolute Gasteiger partial charge is 0.493 e. The molecular formula is C22H24FN3O2. The van der Waals surface area contributed by atoms with E-state index in [9.17, 15) is 4.39 Å². The molecule has 0 amide bonds. The molecule has 2 aromatic heterocycles. The van der Waals surface area contributed by atoms with Gasteiger partial charge in [0, 0.05) is 55.9 Å². The van der Waals surface area contributed by atoms with E-state index >= 15 is 0 Å². The molecule has 3 aromatic rings. The third kappa shape index (κ3) is 5.82. The summed E-state index contributed by atoms with van der Waals surface area (Å²) < 4.78 is 19.0. The molecule has 0 saturated carbocycles. The summed E-state index contributed by atoms with van der Waals surface area (Å²) in [6, 6.07) is 10.4. The summed E-state index contributed by atoms with van der Waals surface area (Å²) in [5.41, 5.74) is 3.64. The maximum absolute atomic E-state index is 13.2. The molecule has 0 saturated heterocycles. The van der Waals surface area contributed by atoms with Crippen LogP contribution < -0.4 is 4.74 Å². The fourth-order valence-electron chi connectivity index (χ4n) is 2.98. The number of pyridine rings is 1. The molecule has 0 fully saturated rings. The van der Waals surface area contributed by atoms with Gasteiger partial charge in [-0.2, -0.15) is 0 Å². The van der Waals surface area contributed by atoms with E-state index in [0.717, 1.165) is 28.4 Å². The standard InChI is InChI=1S/C22H24FN3O2/c1-16(17-3-5-18(23)6-4-17)11-19-13-22(28-10-2-9-27)14-20(26-19)12-21-15-24-7-8-25-21/h3-8,13-16,27H,2,9-12H2,1H3/t16-/m1/s1. The van der Waals surface area contributed by atoms with Crippen molar-refractivity contribution in [3.8, 4) is 5.75 Å². The molecule has 0 unspecified atom stereocenters. The van der Waals surface area contributed by atoms with Gasteiger partial charge >= 0.3 is 0 Å². The SMILES string of the molecule is C[C@H](Cc1cc(OCCCO)cc(Cc2cnccn2)n1)c1ccc(F)cc1. The highest BCUT2D eigenvalue weighted by molar-refractivity contribution is 5.31. The Morgan fingerprint density at radius 2 is 1.86 bits per heavy atom. The fourth-order valence-corrected chi connectivity index (χ4v) is 2.98. The number of benzene rings is 1. The molecule has 6 heteroatoms. The van der Waals surface area contributed by atoms with Crippen molar-refractivity contribution in [1.29, 1.82) is 0 Å². The van der Waals surface area contributed by atoms with Gasteiger partial charge in [0.15, 0.2) is 0 Å². The first-order chi connectivity index (χ1) is 13.6. The first-order valence-corrected chi connectivity index (χ1v) is 9.38. The number of aliphatic hydroxyl groups excluding tert-OH is 1. The second-order valence-electron chi connectivity index (χ2n) is 6.74. The van der Waals surface area contributed by atoms with E-state index in [0.29, 0.717) is 25.9 Å². The van der Waals surface area contributed by atoms with Crippen molar-refractivity contribution >= 4 is 0 Å². The molecule has 5 nitrogen and oxygen atoms in total. The normalized spacial score (nSPS) is 12.0. The monoisotopic (exact) mass is 381 g/mol. The lowest BCUT2D eigenvalue weighted by Gasteiger charge is -2.14. The van der Waals surface area contributed by atoms with Gasteiger partial charge in [0.05, 0.1) is 18.0 Å².